The van der Waals surface area contributed by atoms with Crippen molar-refractivity contribution in [3.63, 3.8) is 0 Å². The molecule has 0 unspecified atom stereocenters. The van der Waals surface area contributed by atoms with Crippen molar-refractivity contribution in [3.05, 3.63) is 65.5 Å². The van der Waals surface area contributed by atoms with Crippen LogP contribution in [-0.2, 0) is 0 Å². The molecule has 2 fully saturated rings. The zero-order valence-electron chi connectivity index (χ0n) is 23.1. The number of hydrogen-bond acceptors (Lipinski definition) is 6. The minimum absolute atomic E-state index is 0.411. The van der Waals surface area contributed by atoms with Gasteiger partial charge in [0, 0.05) is 60.8 Å². The molecule has 202 valence electrons. The van der Waals surface area contributed by atoms with E-state index in [0.29, 0.717) is 5.56 Å². The van der Waals surface area contributed by atoms with Crippen LogP contribution in [-0.4, -0.2) is 83.0 Å². The molecule has 0 radical (unpaired) electrons. The number of H-pyrrole nitrogens is 1. The van der Waals surface area contributed by atoms with Crippen LogP contribution in [0.15, 0.2) is 48.8 Å². The molecule has 0 bridgehead atoms. The number of nitrogens with two attached hydrogens (primary N) is 1. The first-order valence-corrected chi connectivity index (χ1v) is 13.9. The molecule has 1 amide bonds. The molecule has 0 aliphatic carbocycles. The molecular formula is C31H37N7O. The molecule has 3 N–H and O–H groups in total. The Morgan fingerprint density at radius 1 is 0.923 bits per heavy atom. The summed E-state index contributed by atoms with van der Waals surface area (Å²) < 4.78 is 0. The number of likely N-dealkylation sites (tertiary alicyclic amines) is 1. The Morgan fingerprint density at radius 3 is 2.33 bits per heavy atom. The second-order valence-electron chi connectivity index (χ2n) is 11.0. The lowest BCUT2D eigenvalue weighted by Crippen LogP contribution is -2.53. The number of hydrogen-bond donors (Lipinski definition) is 2. The second kappa shape index (κ2) is 10.4. The minimum Gasteiger partial charge on any atom is -0.369 e. The fraction of sp³-hybridized carbons (Fsp3) is 0.387. The number of primary amides is 1. The van der Waals surface area contributed by atoms with Crippen molar-refractivity contribution < 1.29 is 4.79 Å². The lowest BCUT2D eigenvalue weighted by Gasteiger charge is -2.42. The van der Waals surface area contributed by atoms with Gasteiger partial charge in [-0.2, -0.15) is 0 Å². The Hall–Kier alpha value is -3.75. The summed E-state index contributed by atoms with van der Waals surface area (Å²) in [5.41, 5.74) is 14.7. The number of piperidine rings is 1. The summed E-state index contributed by atoms with van der Waals surface area (Å²) in [5.74, 6) is -0.411. The van der Waals surface area contributed by atoms with Crippen LogP contribution in [0.2, 0.25) is 0 Å². The largest absolute Gasteiger partial charge is 0.369 e. The van der Waals surface area contributed by atoms with E-state index in [0.717, 1.165) is 76.9 Å². The van der Waals surface area contributed by atoms with Gasteiger partial charge in [0.05, 0.1) is 11.9 Å². The van der Waals surface area contributed by atoms with Crippen molar-refractivity contribution in [1.29, 1.82) is 0 Å². The molecule has 0 spiro atoms. The number of amides is 1. The molecule has 39 heavy (non-hydrogen) atoms. The molecule has 2 aliphatic heterocycles. The van der Waals surface area contributed by atoms with Crippen LogP contribution in [0.3, 0.4) is 0 Å². The van der Waals surface area contributed by atoms with Gasteiger partial charge in [-0.05, 0) is 81.7 Å². The zero-order chi connectivity index (χ0) is 27.1. The average Bonchev–Trinajstić information content (AvgIpc) is 3.38. The number of nitrogens with zero attached hydrogens (tertiary/aromatic N) is 5. The van der Waals surface area contributed by atoms with E-state index in [1.54, 1.807) is 6.07 Å². The standard InChI is InChI=1S/C31H37N7O/c1-20-21(2)26(30(32)39)9-8-25(20)27-18-33-31-29(27)35-28(19-34-31)22-4-6-23(7-5-22)37-14-16-38(17-15-37)24-10-12-36(3)13-11-24/h4-9,18-19,24H,10-17H2,1-3H3,(H2,32,39)(H,33,34). The smallest absolute Gasteiger partial charge is 0.248 e. The van der Waals surface area contributed by atoms with Crippen LogP contribution >= 0.6 is 0 Å². The molecule has 2 aromatic carbocycles. The van der Waals surface area contributed by atoms with Gasteiger partial charge in [-0.25, -0.2) is 9.97 Å². The summed E-state index contributed by atoms with van der Waals surface area (Å²) in [5, 5.41) is 0. The SMILES string of the molecule is Cc1c(C(N)=O)ccc(-c2c[nH]c3ncc(-c4ccc(N5CCN(C6CCN(C)CC6)CC5)cc4)nc23)c1C. The first-order valence-electron chi connectivity index (χ1n) is 13.9. The molecule has 8 heteroatoms. The van der Waals surface area contributed by atoms with Gasteiger partial charge >= 0.3 is 0 Å². The number of carbonyl (C=O) groups is 1. The van der Waals surface area contributed by atoms with Gasteiger partial charge in [0.2, 0.25) is 5.91 Å². The Labute approximate surface area is 229 Å². The lowest BCUT2D eigenvalue weighted by atomic mass is 9.94. The van der Waals surface area contributed by atoms with E-state index in [1.165, 1.54) is 31.6 Å². The number of aromatic nitrogens is 3. The van der Waals surface area contributed by atoms with Gasteiger partial charge in [-0.3, -0.25) is 9.69 Å². The fourth-order valence-electron chi connectivity index (χ4n) is 6.16. The van der Waals surface area contributed by atoms with E-state index in [-0.39, 0.29) is 0 Å². The van der Waals surface area contributed by atoms with Crippen molar-refractivity contribution in [2.24, 2.45) is 5.73 Å². The van der Waals surface area contributed by atoms with Crippen molar-refractivity contribution >= 4 is 22.8 Å². The number of benzene rings is 2. The van der Waals surface area contributed by atoms with E-state index < -0.39 is 5.91 Å². The number of rotatable bonds is 5. The predicted octanol–water partition coefficient (Wildman–Crippen LogP) is 4.22. The Morgan fingerprint density at radius 2 is 1.64 bits per heavy atom. The molecular weight excluding hydrogens is 486 g/mol. The second-order valence-corrected chi connectivity index (χ2v) is 11.0. The first kappa shape index (κ1) is 25.5. The summed E-state index contributed by atoms with van der Waals surface area (Å²) >= 11 is 0. The van der Waals surface area contributed by atoms with E-state index in [2.05, 4.69) is 56.0 Å². The van der Waals surface area contributed by atoms with Gasteiger partial charge < -0.3 is 20.5 Å². The van der Waals surface area contributed by atoms with Gasteiger partial charge in [-0.1, -0.05) is 18.2 Å². The summed E-state index contributed by atoms with van der Waals surface area (Å²) in [7, 11) is 2.23. The van der Waals surface area contributed by atoms with E-state index >= 15 is 0 Å². The summed E-state index contributed by atoms with van der Waals surface area (Å²) in [6, 6.07) is 13.2. The highest BCUT2D eigenvalue weighted by Gasteiger charge is 2.26. The first-order chi connectivity index (χ1) is 18.9. The third-order valence-corrected chi connectivity index (χ3v) is 8.77. The highest BCUT2D eigenvalue weighted by atomic mass is 16.1. The topological polar surface area (TPSA) is 94.4 Å². The Bertz CT molecular complexity index is 1490. The summed E-state index contributed by atoms with van der Waals surface area (Å²) in [6.07, 6.45) is 6.34. The molecule has 2 aromatic heterocycles. The number of aromatic amines is 1. The van der Waals surface area contributed by atoms with Crippen molar-refractivity contribution in [1.82, 2.24) is 24.8 Å². The van der Waals surface area contributed by atoms with Gasteiger partial charge in [0.15, 0.2) is 5.65 Å². The minimum atomic E-state index is -0.411. The molecule has 2 saturated heterocycles. The van der Waals surface area contributed by atoms with E-state index in [1.807, 2.05) is 32.3 Å². The van der Waals surface area contributed by atoms with Crippen LogP contribution in [0.25, 0.3) is 33.5 Å². The number of fused-ring (bicyclic) bond motifs is 1. The maximum Gasteiger partial charge on any atom is 0.248 e. The van der Waals surface area contributed by atoms with E-state index in [9.17, 15) is 4.79 Å². The van der Waals surface area contributed by atoms with Gasteiger partial charge in [-0.15, -0.1) is 0 Å². The number of nitrogens with one attached hydrogen (secondary N) is 1. The molecule has 0 atom stereocenters. The third-order valence-electron chi connectivity index (χ3n) is 8.77. The summed E-state index contributed by atoms with van der Waals surface area (Å²) in [4.78, 5) is 32.3. The van der Waals surface area contributed by atoms with Crippen LogP contribution in [0, 0.1) is 13.8 Å². The highest BCUT2D eigenvalue weighted by Crippen LogP contribution is 2.33. The maximum absolute atomic E-state index is 11.8. The van der Waals surface area contributed by atoms with Crippen LogP contribution < -0.4 is 10.6 Å². The average molecular weight is 524 g/mol. The normalized spacial score (nSPS) is 17.7. The molecule has 6 rings (SSSR count). The summed E-state index contributed by atoms with van der Waals surface area (Å²) in [6.45, 7) is 10.8. The van der Waals surface area contributed by atoms with Crippen molar-refractivity contribution in [3.8, 4) is 22.4 Å². The van der Waals surface area contributed by atoms with Gasteiger partial charge in [0.25, 0.3) is 0 Å². The molecule has 8 nitrogen and oxygen atoms in total. The van der Waals surface area contributed by atoms with Crippen molar-refractivity contribution in [2.45, 2.75) is 32.7 Å². The molecule has 0 saturated carbocycles. The zero-order valence-corrected chi connectivity index (χ0v) is 23.1. The monoisotopic (exact) mass is 523 g/mol. The predicted molar refractivity (Wildman–Crippen MR) is 157 cm³/mol. The fourth-order valence-corrected chi connectivity index (χ4v) is 6.16. The lowest BCUT2D eigenvalue weighted by molar-refractivity contribution is 0.0999. The quantitative estimate of drug-likeness (QED) is 0.407. The number of carbonyl (C=O) groups excluding carboxylic acids is 1. The Kier molecular flexibility index (Phi) is 6.83. The molecule has 2 aliphatic rings. The van der Waals surface area contributed by atoms with Crippen molar-refractivity contribution in [2.75, 3.05) is 51.2 Å². The molecule has 4 heterocycles. The maximum atomic E-state index is 11.8. The van der Waals surface area contributed by atoms with Gasteiger partial charge in [0.1, 0.15) is 5.52 Å². The number of anilines is 1. The highest BCUT2D eigenvalue weighted by molar-refractivity contribution is 5.97. The number of piperazine rings is 1. The Balaban J connectivity index is 1.20. The molecule has 4 aromatic rings. The van der Waals surface area contributed by atoms with Crippen LogP contribution in [0.4, 0.5) is 5.69 Å². The third kappa shape index (κ3) is 4.90. The van der Waals surface area contributed by atoms with E-state index in [4.69, 9.17) is 10.7 Å². The van der Waals surface area contributed by atoms with Crippen LogP contribution in [0.1, 0.15) is 34.3 Å². The van der Waals surface area contributed by atoms with Crippen LogP contribution in [0.5, 0.6) is 0 Å².